The fraction of sp³-hybridized carbons (Fsp3) is 0.333. The van der Waals surface area contributed by atoms with E-state index in [1.54, 1.807) is 0 Å². The van der Waals surface area contributed by atoms with Crippen LogP contribution in [-0.2, 0) is 5.41 Å². The van der Waals surface area contributed by atoms with Gasteiger partial charge in [-0.25, -0.2) is 0 Å². The summed E-state index contributed by atoms with van der Waals surface area (Å²) >= 11 is 10.0. The first kappa shape index (κ1) is 15.6. The average molecular weight is 352 g/mol. The first-order valence-corrected chi connectivity index (χ1v) is 8.17. The summed E-state index contributed by atoms with van der Waals surface area (Å²) in [6.07, 6.45) is 1.13. The van der Waals surface area contributed by atoms with Crippen LogP contribution in [0.2, 0.25) is 0 Å². The smallest absolute Gasteiger partial charge is 0.0835 e. The fourth-order valence-electron chi connectivity index (χ4n) is 2.13. The van der Waals surface area contributed by atoms with E-state index in [0.717, 1.165) is 22.0 Å². The van der Waals surface area contributed by atoms with Crippen molar-refractivity contribution >= 4 is 27.5 Å². The normalized spacial score (nSPS) is 13.2. The van der Waals surface area contributed by atoms with Crippen molar-refractivity contribution in [2.45, 2.75) is 38.0 Å². The minimum atomic E-state index is -0.0955. The molecule has 1 atom stereocenters. The average Bonchev–Trinajstić information content (AvgIpc) is 2.47. The highest BCUT2D eigenvalue weighted by Gasteiger charge is 2.18. The summed E-state index contributed by atoms with van der Waals surface area (Å²) < 4.78 is 1.07. The van der Waals surface area contributed by atoms with Crippen LogP contribution in [0.15, 0.2) is 53.0 Å². The maximum Gasteiger partial charge on any atom is 0.0835 e. The van der Waals surface area contributed by atoms with E-state index in [0.29, 0.717) is 0 Å². The molecule has 0 nitrogen and oxygen atoms in total. The van der Waals surface area contributed by atoms with Gasteiger partial charge >= 0.3 is 0 Å². The minimum Gasteiger partial charge on any atom is -0.113 e. The third kappa shape index (κ3) is 3.45. The van der Waals surface area contributed by atoms with E-state index in [1.807, 2.05) is 12.1 Å². The highest BCUT2D eigenvalue weighted by Crippen LogP contribution is 2.32. The van der Waals surface area contributed by atoms with Crippen LogP contribution in [0.5, 0.6) is 0 Å². The number of alkyl halides is 1. The molecular formula is C18H20BrCl. The van der Waals surface area contributed by atoms with E-state index in [-0.39, 0.29) is 10.8 Å². The van der Waals surface area contributed by atoms with Crippen LogP contribution in [0.25, 0.3) is 0 Å². The van der Waals surface area contributed by atoms with Gasteiger partial charge in [0.1, 0.15) is 0 Å². The molecule has 20 heavy (non-hydrogen) atoms. The molecule has 2 heteroatoms. The molecule has 0 heterocycles. The summed E-state index contributed by atoms with van der Waals surface area (Å²) in [6, 6.07) is 16.9. The lowest BCUT2D eigenvalue weighted by Crippen LogP contribution is -2.15. The molecule has 0 aliphatic carbocycles. The van der Waals surface area contributed by atoms with Crippen LogP contribution in [0.3, 0.4) is 0 Å². The van der Waals surface area contributed by atoms with Crippen molar-refractivity contribution in [3.8, 4) is 0 Å². The Morgan fingerprint density at radius 3 is 1.85 bits per heavy atom. The summed E-state index contributed by atoms with van der Waals surface area (Å²) in [4.78, 5) is 0. The van der Waals surface area contributed by atoms with E-state index >= 15 is 0 Å². The lowest BCUT2D eigenvalue weighted by atomic mass is 9.82. The number of benzene rings is 2. The highest BCUT2D eigenvalue weighted by atomic mass is 79.9. The van der Waals surface area contributed by atoms with Crippen molar-refractivity contribution in [3.05, 3.63) is 69.7 Å². The molecule has 0 fully saturated rings. The number of rotatable bonds is 4. The number of halogens is 2. The van der Waals surface area contributed by atoms with Crippen molar-refractivity contribution < 1.29 is 0 Å². The van der Waals surface area contributed by atoms with Crippen LogP contribution in [0.4, 0.5) is 0 Å². The standard InChI is InChI=1S/C18H20BrCl/c1-4-18(2,3)15-9-5-13(6-10-15)17(20)14-7-11-16(19)12-8-14/h5-12,17H,4H2,1-3H3. The summed E-state index contributed by atoms with van der Waals surface area (Å²) in [5, 5.41) is -0.0955. The Hall–Kier alpha value is -0.790. The van der Waals surface area contributed by atoms with Crippen molar-refractivity contribution in [2.75, 3.05) is 0 Å². The zero-order valence-corrected chi connectivity index (χ0v) is 14.5. The van der Waals surface area contributed by atoms with Crippen molar-refractivity contribution in [1.82, 2.24) is 0 Å². The van der Waals surface area contributed by atoms with Crippen molar-refractivity contribution in [1.29, 1.82) is 0 Å². The molecule has 0 radical (unpaired) electrons. The second-order valence-electron chi connectivity index (χ2n) is 5.77. The highest BCUT2D eigenvalue weighted by molar-refractivity contribution is 9.10. The van der Waals surface area contributed by atoms with Crippen molar-refractivity contribution in [3.63, 3.8) is 0 Å². The maximum atomic E-state index is 6.57. The van der Waals surface area contributed by atoms with Gasteiger partial charge in [-0.1, -0.05) is 73.1 Å². The Labute approximate surface area is 135 Å². The Morgan fingerprint density at radius 2 is 1.40 bits per heavy atom. The monoisotopic (exact) mass is 350 g/mol. The summed E-state index contributed by atoms with van der Waals surface area (Å²) in [5.74, 6) is 0. The van der Waals surface area contributed by atoms with Crippen LogP contribution < -0.4 is 0 Å². The van der Waals surface area contributed by atoms with E-state index in [1.165, 1.54) is 5.56 Å². The van der Waals surface area contributed by atoms with E-state index in [4.69, 9.17) is 11.6 Å². The molecule has 0 amide bonds. The maximum absolute atomic E-state index is 6.57. The predicted octanol–water partition coefficient (Wildman–Crippen LogP) is 6.46. The zero-order valence-electron chi connectivity index (χ0n) is 12.2. The third-order valence-corrected chi connectivity index (χ3v) is 5.06. The van der Waals surface area contributed by atoms with Gasteiger partial charge < -0.3 is 0 Å². The molecule has 0 aromatic heterocycles. The van der Waals surface area contributed by atoms with Crippen LogP contribution in [-0.4, -0.2) is 0 Å². The first-order chi connectivity index (χ1) is 9.44. The summed E-state index contributed by atoms with van der Waals surface area (Å²) in [6.45, 7) is 6.77. The van der Waals surface area contributed by atoms with Gasteiger partial charge in [-0.3, -0.25) is 0 Å². The van der Waals surface area contributed by atoms with Crippen LogP contribution in [0.1, 0.15) is 49.3 Å². The molecule has 2 aromatic carbocycles. The lowest BCUT2D eigenvalue weighted by Gasteiger charge is -2.24. The van der Waals surface area contributed by atoms with Crippen molar-refractivity contribution in [2.24, 2.45) is 0 Å². The Bertz CT molecular complexity index is 555. The number of hydrogen-bond acceptors (Lipinski definition) is 0. The molecule has 0 bridgehead atoms. The largest absolute Gasteiger partial charge is 0.113 e. The van der Waals surface area contributed by atoms with Crippen LogP contribution in [0, 0.1) is 0 Å². The lowest BCUT2D eigenvalue weighted by molar-refractivity contribution is 0.506. The SMILES string of the molecule is CCC(C)(C)c1ccc(C(Cl)c2ccc(Br)cc2)cc1. The first-order valence-electron chi connectivity index (χ1n) is 6.94. The van der Waals surface area contributed by atoms with Crippen LogP contribution >= 0.6 is 27.5 Å². The van der Waals surface area contributed by atoms with Gasteiger partial charge in [-0.15, -0.1) is 11.6 Å². The Kier molecular flexibility index (Phi) is 4.93. The second-order valence-corrected chi connectivity index (χ2v) is 7.13. The molecular weight excluding hydrogens is 332 g/mol. The van der Waals surface area contributed by atoms with Gasteiger partial charge in [0.15, 0.2) is 0 Å². The molecule has 0 saturated carbocycles. The second kappa shape index (κ2) is 6.32. The molecule has 2 rings (SSSR count). The summed E-state index contributed by atoms with van der Waals surface area (Å²) in [7, 11) is 0. The minimum absolute atomic E-state index is 0.0955. The Morgan fingerprint density at radius 1 is 0.950 bits per heavy atom. The Balaban J connectivity index is 2.23. The zero-order chi connectivity index (χ0) is 14.8. The molecule has 106 valence electrons. The topological polar surface area (TPSA) is 0 Å². The molecule has 0 N–H and O–H groups in total. The molecule has 0 aliphatic rings. The molecule has 0 spiro atoms. The van der Waals surface area contributed by atoms with Gasteiger partial charge in [0.25, 0.3) is 0 Å². The van der Waals surface area contributed by atoms with Gasteiger partial charge in [-0.2, -0.15) is 0 Å². The predicted molar refractivity (Wildman–Crippen MR) is 91.6 cm³/mol. The third-order valence-electron chi connectivity index (χ3n) is 4.03. The molecule has 1 unspecified atom stereocenters. The van der Waals surface area contributed by atoms with Gasteiger partial charge in [0, 0.05) is 4.47 Å². The van der Waals surface area contributed by atoms with Gasteiger partial charge in [-0.05, 0) is 40.7 Å². The molecule has 2 aromatic rings. The fourth-order valence-corrected chi connectivity index (χ4v) is 2.69. The molecule has 0 aliphatic heterocycles. The van der Waals surface area contributed by atoms with Gasteiger partial charge in [0.2, 0.25) is 0 Å². The van der Waals surface area contributed by atoms with E-state index < -0.39 is 0 Å². The van der Waals surface area contributed by atoms with E-state index in [2.05, 4.69) is 73.1 Å². The quantitative estimate of drug-likeness (QED) is 0.554. The van der Waals surface area contributed by atoms with Gasteiger partial charge in [0.05, 0.1) is 5.38 Å². The number of hydrogen-bond donors (Lipinski definition) is 0. The van der Waals surface area contributed by atoms with E-state index in [9.17, 15) is 0 Å². The molecule has 0 saturated heterocycles. The summed E-state index contributed by atoms with van der Waals surface area (Å²) in [5.41, 5.74) is 3.85.